The number of rotatable bonds is 2. The number of carbonyl (C=O) groups excluding carboxylic acids is 3. The number of hydrogen-bond donors (Lipinski definition) is 5. The molecule has 2 saturated carbocycles. The molecular weight excluding hydrogens is 474 g/mol. The molecule has 2 fully saturated rings. The molecule has 8 nitrogen and oxygen atoms in total. The molecule has 4 aliphatic carbocycles. The first-order valence-electron chi connectivity index (χ1n) is 12.7. The van der Waals surface area contributed by atoms with Crippen LogP contribution in [0.5, 0.6) is 0 Å². The summed E-state index contributed by atoms with van der Waals surface area (Å²) in [4.78, 5) is 38.2. The second-order valence-electron chi connectivity index (χ2n) is 12.0. The van der Waals surface area contributed by atoms with E-state index in [0.717, 1.165) is 5.56 Å². The SMILES string of the molecule is CC(C)(C)c1ccc(C2C=CC(O)=C3C(=O)C4C(O)[C@]5(O)C(O)=C(C(N)=O)C(=O)C[C@@H]5C[C@@H]4CC32)cc1. The van der Waals surface area contributed by atoms with E-state index in [-0.39, 0.29) is 41.4 Å². The summed E-state index contributed by atoms with van der Waals surface area (Å²) in [6, 6.07) is 8.21. The zero-order chi connectivity index (χ0) is 27.0. The van der Waals surface area contributed by atoms with Gasteiger partial charge in [-0.1, -0.05) is 51.1 Å². The molecule has 0 saturated heterocycles. The first-order valence-corrected chi connectivity index (χ1v) is 12.7. The number of benzene rings is 1. The highest BCUT2D eigenvalue weighted by atomic mass is 16.4. The highest BCUT2D eigenvalue weighted by Gasteiger charge is 2.63. The standard InChI is InChI=1S/C29H33NO7/c1-28(2,3)15-6-4-13(5-7-15)17-8-9-19(31)22-18(17)11-14-10-16-12-20(32)23(27(30)36)26(35)29(16,37)25(34)21(14)24(22)33/h4-9,14,16-18,21,25,31,34-35,37H,10-12H2,1-3H3,(H2,30,36)/t14-,16+,17?,18?,21?,25?,29+/m1/s1. The molecule has 0 spiro atoms. The fraction of sp³-hybridized carbons (Fsp3) is 0.483. The number of primary amides is 1. The summed E-state index contributed by atoms with van der Waals surface area (Å²) in [6.45, 7) is 6.39. The van der Waals surface area contributed by atoms with Crippen molar-refractivity contribution in [2.75, 3.05) is 0 Å². The lowest BCUT2D eigenvalue weighted by Gasteiger charge is -2.54. The maximum Gasteiger partial charge on any atom is 0.255 e. The van der Waals surface area contributed by atoms with Gasteiger partial charge in [-0.3, -0.25) is 14.4 Å². The summed E-state index contributed by atoms with van der Waals surface area (Å²) in [5, 5.41) is 44.2. The molecular formula is C29H33NO7. The fourth-order valence-electron chi connectivity index (χ4n) is 6.97. The molecule has 196 valence electrons. The molecule has 4 aliphatic rings. The van der Waals surface area contributed by atoms with Crippen LogP contribution in [0.3, 0.4) is 0 Å². The Balaban J connectivity index is 1.52. The average Bonchev–Trinajstić information content (AvgIpc) is 2.81. The van der Waals surface area contributed by atoms with Gasteiger partial charge in [0, 0.05) is 29.7 Å². The largest absolute Gasteiger partial charge is 0.508 e. The summed E-state index contributed by atoms with van der Waals surface area (Å²) in [5.74, 6) is -6.44. The Kier molecular flexibility index (Phi) is 5.77. The van der Waals surface area contributed by atoms with Crippen molar-refractivity contribution in [3.8, 4) is 0 Å². The van der Waals surface area contributed by atoms with E-state index in [1.54, 1.807) is 0 Å². The highest BCUT2D eigenvalue weighted by molar-refractivity contribution is 6.20. The van der Waals surface area contributed by atoms with Gasteiger partial charge in [-0.15, -0.1) is 0 Å². The molecule has 1 amide bonds. The number of nitrogens with two attached hydrogens (primary N) is 1. The Labute approximate surface area is 215 Å². The lowest BCUT2D eigenvalue weighted by Crippen LogP contribution is -2.65. The number of fused-ring (bicyclic) bond motifs is 3. The normalized spacial score (nSPS) is 35.7. The van der Waals surface area contributed by atoms with E-state index in [9.17, 15) is 34.8 Å². The number of allylic oxidation sites excluding steroid dienone is 3. The smallest absolute Gasteiger partial charge is 0.255 e. The number of aliphatic hydroxyl groups excluding tert-OH is 3. The first-order chi connectivity index (χ1) is 17.3. The topological polar surface area (TPSA) is 158 Å². The van der Waals surface area contributed by atoms with Crippen molar-refractivity contribution in [3.63, 3.8) is 0 Å². The number of amides is 1. The number of aliphatic hydroxyl groups is 4. The second-order valence-corrected chi connectivity index (χ2v) is 12.0. The number of hydrogen-bond acceptors (Lipinski definition) is 7. The van der Waals surface area contributed by atoms with Gasteiger partial charge in [-0.25, -0.2) is 0 Å². The van der Waals surface area contributed by atoms with Gasteiger partial charge in [-0.05, 0) is 41.4 Å². The molecule has 0 aliphatic heterocycles. The maximum absolute atomic E-state index is 13.8. The van der Waals surface area contributed by atoms with Crippen LogP contribution in [0.1, 0.15) is 57.1 Å². The van der Waals surface area contributed by atoms with Gasteiger partial charge < -0.3 is 26.2 Å². The predicted molar refractivity (Wildman–Crippen MR) is 134 cm³/mol. The van der Waals surface area contributed by atoms with Crippen LogP contribution < -0.4 is 5.73 Å². The third kappa shape index (κ3) is 3.68. The molecule has 8 heteroatoms. The lowest BCUT2D eigenvalue weighted by atomic mass is 9.52. The first kappa shape index (κ1) is 25.4. The maximum atomic E-state index is 13.8. The Bertz CT molecular complexity index is 1280. The zero-order valence-corrected chi connectivity index (χ0v) is 21.1. The van der Waals surface area contributed by atoms with Gasteiger partial charge in [0.25, 0.3) is 5.91 Å². The number of ketones is 2. The molecule has 6 N–H and O–H groups in total. The van der Waals surface area contributed by atoms with Crippen molar-refractivity contribution in [1.29, 1.82) is 0 Å². The van der Waals surface area contributed by atoms with E-state index in [1.807, 2.05) is 18.2 Å². The third-order valence-corrected chi connectivity index (χ3v) is 8.91. The minimum atomic E-state index is -2.36. The summed E-state index contributed by atoms with van der Waals surface area (Å²) < 4.78 is 0. The highest BCUT2D eigenvalue weighted by Crippen LogP contribution is 2.56. The molecule has 7 atom stereocenters. The molecule has 0 heterocycles. The Morgan fingerprint density at radius 1 is 1.08 bits per heavy atom. The van der Waals surface area contributed by atoms with Crippen LogP contribution in [0.25, 0.3) is 0 Å². The van der Waals surface area contributed by atoms with Gasteiger partial charge in [0.05, 0.1) is 5.92 Å². The van der Waals surface area contributed by atoms with Gasteiger partial charge in [0.15, 0.2) is 17.2 Å². The summed E-state index contributed by atoms with van der Waals surface area (Å²) >= 11 is 0. The van der Waals surface area contributed by atoms with E-state index in [2.05, 4.69) is 32.9 Å². The van der Waals surface area contributed by atoms with Crippen molar-refractivity contribution in [1.82, 2.24) is 0 Å². The van der Waals surface area contributed by atoms with Gasteiger partial charge in [0.1, 0.15) is 23.2 Å². The van der Waals surface area contributed by atoms with Crippen molar-refractivity contribution < 1.29 is 34.8 Å². The van der Waals surface area contributed by atoms with Crippen LogP contribution in [0.2, 0.25) is 0 Å². The summed E-state index contributed by atoms with van der Waals surface area (Å²) in [7, 11) is 0. The fourth-order valence-corrected chi connectivity index (χ4v) is 6.97. The summed E-state index contributed by atoms with van der Waals surface area (Å²) in [5.41, 5.74) is 4.52. The van der Waals surface area contributed by atoms with Gasteiger partial charge >= 0.3 is 0 Å². The Morgan fingerprint density at radius 3 is 2.32 bits per heavy atom. The van der Waals surface area contributed by atoms with Crippen LogP contribution in [-0.2, 0) is 19.8 Å². The molecule has 0 bridgehead atoms. The lowest BCUT2D eigenvalue weighted by molar-refractivity contribution is -0.185. The van der Waals surface area contributed by atoms with Crippen molar-refractivity contribution in [3.05, 3.63) is 70.2 Å². The van der Waals surface area contributed by atoms with Gasteiger partial charge in [0.2, 0.25) is 0 Å². The van der Waals surface area contributed by atoms with Crippen LogP contribution in [-0.4, -0.2) is 49.6 Å². The molecule has 4 unspecified atom stereocenters. The van der Waals surface area contributed by atoms with Gasteiger partial charge in [-0.2, -0.15) is 0 Å². The van der Waals surface area contributed by atoms with E-state index >= 15 is 0 Å². The van der Waals surface area contributed by atoms with Crippen molar-refractivity contribution >= 4 is 17.5 Å². The predicted octanol–water partition coefficient (Wildman–Crippen LogP) is 2.65. The minimum absolute atomic E-state index is 0.0147. The monoisotopic (exact) mass is 507 g/mol. The molecule has 0 radical (unpaired) electrons. The van der Waals surface area contributed by atoms with E-state index in [0.29, 0.717) is 6.42 Å². The molecule has 1 aromatic carbocycles. The molecule has 1 aromatic rings. The number of Topliss-reactive ketones (excluding diaryl/α,β-unsaturated/α-hetero) is 2. The Morgan fingerprint density at radius 2 is 1.73 bits per heavy atom. The van der Waals surface area contributed by atoms with E-state index in [4.69, 9.17) is 5.73 Å². The van der Waals surface area contributed by atoms with Crippen LogP contribution in [0, 0.1) is 23.7 Å². The minimum Gasteiger partial charge on any atom is -0.508 e. The number of carbonyl (C=O) groups is 3. The van der Waals surface area contributed by atoms with Crippen molar-refractivity contribution in [2.45, 2.75) is 63.1 Å². The molecule has 0 aromatic heterocycles. The quantitative estimate of drug-likeness (QED) is 0.385. The average molecular weight is 508 g/mol. The van der Waals surface area contributed by atoms with Crippen molar-refractivity contribution in [2.24, 2.45) is 29.4 Å². The summed E-state index contributed by atoms with van der Waals surface area (Å²) in [6.07, 6.45) is 1.97. The molecule has 5 rings (SSSR count). The van der Waals surface area contributed by atoms with E-state index in [1.165, 1.54) is 11.6 Å². The van der Waals surface area contributed by atoms with Crippen LogP contribution in [0.15, 0.2) is 59.1 Å². The molecule has 37 heavy (non-hydrogen) atoms. The Hall–Kier alpha value is -3.23. The zero-order valence-electron chi connectivity index (χ0n) is 21.1. The third-order valence-electron chi connectivity index (χ3n) is 8.91. The van der Waals surface area contributed by atoms with Crippen LogP contribution >= 0.6 is 0 Å². The second kappa shape index (κ2) is 8.39. The van der Waals surface area contributed by atoms with E-state index < -0.39 is 58.3 Å². The van der Waals surface area contributed by atoms with Crippen LogP contribution in [0.4, 0.5) is 0 Å².